The first kappa shape index (κ1) is 27.8. The highest BCUT2D eigenvalue weighted by atomic mass is 19.1. The quantitative estimate of drug-likeness (QED) is 0.174. The number of hydrogen-bond donors (Lipinski definition) is 3. The highest BCUT2D eigenvalue weighted by molar-refractivity contribution is 6.08. The average Bonchev–Trinajstić information content (AvgIpc) is 3.28. The van der Waals surface area contributed by atoms with Crippen LogP contribution in [0.15, 0.2) is 65.3 Å². The summed E-state index contributed by atoms with van der Waals surface area (Å²) >= 11 is 0. The molecule has 0 spiro atoms. The summed E-state index contributed by atoms with van der Waals surface area (Å²) in [6.45, 7) is -0.416. The molecule has 0 unspecified atom stereocenters. The molecule has 0 aliphatic heterocycles. The largest absolute Gasteiger partial charge is 0.503 e. The fourth-order valence-corrected chi connectivity index (χ4v) is 4.43. The van der Waals surface area contributed by atoms with Gasteiger partial charge in [-0.15, -0.1) is 0 Å². The zero-order chi connectivity index (χ0) is 28.3. The molecule has 1 aromatic heterocycles. The van der Waals surface area contributed by atoms with E-state index in [1.807, 2.05) is 0 Å². The summed E-state index contributed by atoms with van der Waals surface area (Å²) in [6, 6.07) is 6.18. The highest BCUT2D eigenvalue weighted by Gasteiger charge is 2.28. The summed E-state index contributed by atoms with van der Waals surface area (Å²) in [6.07, 6.45) is 2.45. The van der Waals surface area contributed by atoms with Gasteiger partial charge in [-0.05, 0) is 48.6 Å². The summed E-state index contributed by atoms with van der Waals surface area (Å²) in [5.41, 5.74) is -1.26. The smallest absolute Gasteiger partial charge is 0.286 e. The van der Waals surface area contributed by atoms with E-state index in [1.54, 1.807) is 0 Å². The molecule has 4 rings (SSSR count). The zero-order valence-corrected chi connectivity index (χ0v) is 20.5. The molecule has 0 radical (unpaired) electrons. The van der Waals surface area contributed by atoms with E-state index >= 15 is 0 Å². The molecule has 3 aromatic rings. The Labute approximate surface area is 220 Å². The van der Waals surface area contributed by atoms with Crippen LogP contribution in [0, 0.1) is 23.3 Å². The van der Waals surface area contributed by atoms with E-state index in [2.05, 4.69) is 5.32 Å². The van der Waals surface area contributed by atoms with Crippen molar-refractivity contribution in [3.05, 3.63) is 116 Å². The number of amides is 1. The number of allylic oxidation sites excluding steroid dienone is 1. The second-order valence-electron chi connectivity index (χ2n) is 9.32. The number of rotatable bonds is 8. The SMILES string of the molecule is O=C(N[C@@H]1CCC[C@H]1O)C(O)=CC(=O)c1cc(Cc2ccc(F)cc2F)cn(Cc2ccc(F)cc2F)c1=O. The second kappa shape index (κ2) is 11.6. The standard InChI is InChI=1S/C28H24F4N2O5/c29-18-6-4-16(21(31)10-18)8-15-9-20(25(36)12-26(37)27(38)33-23-2-1-3-24(23)35)28(39)34(13-15)14-17-5-7-19(30)11-22(17)32/h4-7,9-13,23-24,35,37H,1-3,8,14H2,(H,33,38)/t23-,24-/m1/s1. The third kappa shape index (κ3) is 6.61. The second-order valence-corrected chi connectivity index (χ2v) is 9.32. The van der Waals surface area contributed by atoms with Crippen LogP contribution in [0.3, 0.4) is 0 Å². The van der Waals surface area contributed by atoms with Gasteiger partial charge in [0.1, 0.15) is 23.3 Å². The van der Waals surface area contributed by atoms with Crippen molar-refractivity contribution in [3.8, 4) is 0 Å². The number of aliphatic hydroxyl groups is 2. The van der Waals surface area contributed by atoms with Crippen LogP contribution in [-0.2, 0) is 17.8 Å². The molecule has 1 aliphatic rings. The van der Waals surface area contributed by atoms with E-state index in [4.69, 9.17) is 0 Å². The number of pyridine rings is 1. The number of aliphatic hydroxyl groups excluding tert-OH is 2. The maximum Gasteiger partial charge on any atom is 0.286 e. The van der Waals surface area contributed by atoms with Crippen LogP contribution in [0.25, 0.3) is 0 Å². The van der Waals surface area contributed by atoms with Crippen molar-refractivity contribution < 1.29 is 37.4 Å². The topological polar surface area (TPSA) is 109 Å². The molecule has 1 heterocycles. The Balaban J connectivity index is 1.69. The molecular formula is C28H24F4N2O5. The molecule has 1 aliphatic carbocycles. The molecule has 1 saturated carbocycles. The Hall–Kier alpha value is -4.25. The molecule has 2 aromatic carbocycles. The normalized spacial score (nSPS) is 17.3. The summed E-state index contributed by atoms with van der Waals surface area (Å²) in [5, 5.41) is 22.5. The van der Waals surface area contributed by atoms with Crippen LogP contribution < -0.4 is 10.9 Å². The Morgan fingerprint density at radius 2 is 1.62 bits per heavy atom. The van der Waals surface area contributed by atoms with Crippen LogP contribution >= 0.6 is 0 Å². The van der Waals surface area contributed by atoms with E-state index in [0.717, 1.165) is 28.8 Å². The summed E-state index contributed by atoms with van der Waals surface area (Å²) in [7, 11) is 0. The van der Waals surface area contributed by atoms with Crippen molar-refractivity contribution in [1.29, 1.82) is 0 Å². The molecule has 204 valence electrons. The third-order valence-electron chi connectivity index (χ3n) is 6.47. The number of halogens is 4. The van der Waals surface area contributed by atoms with Crippen LogP contribution in [0.4, 0.5) is 17.6 Å². The van der Waals surface area contributed by atoms with E-state index in [1.165, 1.54) is 12.3 Å². The average molecular weight is 545 g/mol. The summed E-state index contributed by atoms with van der Waals surface area (Å²) < 4.78 is 56.3. The van der Waals surface area contributed by atoms with Crippen molar-refractivity contribution in [1.82, 2.24) is 9.88 Å². The fourth-order valence-electron chi connectivity index (χ4n) is 4.43. The predicted molar refractivity (Wildman–Crippen MR) is 132 cm³/mol. The van der Waals surface area contributed by atoms with Crippen molar-refractivity contribution in [2.75, 3.05) is 0 Å². The first-order valence-electron chi connectivity index (χ1n) is 12.1. The molecular weight excluding hydrogens is 520 g/mol. The molecule has 0 bridgehead atoms. The first-order valence-corrected chi connectivity index (χ1v) is 12.1. The van der Waals surface area contributed by atoms with Gasteiger partial charge in [0.15, 0.2) is 11.5 Å². The van der Waals surface area contributed by atoms with Crippen LogP contribution in [-0.4, -0.2) is 38.6 Å². The van der Waals surface area contributed by atoms with E-state index in [-0.39, 0.29) is 23.1 Å². The third-order valence-corrected chi connectivity index (χ3v) is 6.47. The lowest BCUT2D eigenvalue weighted by molar-refractivity contribution is -0.121. The Bertz CT molecular complexity index is 1520. The Kier molecular flexibility index (Phi) is 8.29. The number of carbonyl (C=O) groups excluding carboxylic acids is 2. The van der Waals surface area contributed by atoms with Gasteiger partial charge < -0.3 is 20.1 Å². The van der Waals surface area contributed by atoms with Gasteiger partial charge in [-0.2, -0.15) is 0 Å². The highest BCUT2D eigenvalue weighted by Crippen LogP contribution is 2.20. The van der Waals surface area contributed by atoms with Crippen molar-refractivity contribution in [3.63, 3.8) is 0 Å². The van der Waals surface area contributed by atoms with Crippen molar-refractivity contribution >= 4 is 11.7 Å². The Morgan fingerprint density at radius 1 is 0.974 bits per heavy atom. The minimum Gasteiger partial charge on any atom is -0.503 e. The van der Waals surface area contributed by atoms with E-state index < -0.39 is 70.5 Å². The molecule has 1 amide bonds. The maximum absolute atomic E-state index is 14.3. The lowest BCUT2D eigenvalue weighted by Crippen LogP contribution is -2.40. The fraction of sp³-hybridized carbons (Fsp3) is 0.250. The van der Waals surface area contributed by atoms with Gasteiger partial charge in [-0.3, -0.25) is 14.4 Å². The molecule has 3 N–H and O–H groups in total. The van der Waals surface area contributed by atoms with Crippen LogP contribution in [0.5, 0.6) is 0 Å². The number of benzene rings is 2. The number of nitrogens with one attached hydrogen (secondary N) is 1. The van der Waals surface area contributed by atoms with E-state index in [9.17, 15) is 42.2 Å². The van der Waals surface area contributed by atoms with Gasteiger partial charge >= 0.3 is 0 Å². The number of aromatic nitrogens is 1. The van der Waals surface area contributed by atoms with Gasteiger partial charge in [-0.25, -0.2) is 17.6 Å². The van der Waals surface area contributed by atoms with Gasteiger partial charge in [0.05, 0.1) is 24.3 Å². The van der Waals surface area contributed by atoms with Crippen LogP contribution in [0.1, 0.15) is 46.3 Å². The van der Waals surface area contributed by atoms with Gasteiger partial charge in [0.2, 0.25) is 0 Å². The molecule has 1 fully saturated rings. The minimum absolute atomic E-state index is 0.0425. The van der Waals surface area contributed by atoms with Crippen molar-refractivity contribution in [2.45, 2.75) is 44.4 Å². The number of carbonyl (C=O) groups is 2. The summed E-state index contributed by atoms with van der Waals surface area (Å²) in [4.78, 5) is 38.5. The van der Waals surface area contributed by atoms with E-state index in [0.29, 0.717) is 37.5 Å². The lowest BCUT2D eigenvalue weighted by Gasteiger charge is -2.15. The maximum atomic E-state index is 14.3. The first-order chi connectivity index (χ1) is 18.5. The number of nitrogens with zero attached hydrogens (tertiary/aromatic N) is 1. The van der Waals surface area contributed by atoms with Crippen molar-refractivity contribution in [2.24, 2.45) is 0 Å². The van der Waals surface area contributed by atoms with Gasteiger partial charge in [0, 0.05) is 36.4 Å². The molecule has 39 heavy (non-hydrogen) atoms. The lowest BCUT2D eigenvalue weighted by atomic mass is 10.0. The molecule has 0 saturated heterocycles. The predicted octanol–water partition coefficient (Wildman–Crippen LogP) is 3.70. The summed E-state index contributed by atoms with van der Waals surface area (Å²) in [5.74, 6) is -6.51. The molecule has 2 atom stereocenters. The number of ketones is 1. The minimum atomic E-state index is -1.06. The number of hydrogen-bond acceptors (Lipinski definition) is 5. The van der Waals surface area contributed by atoms with Gasteiger partial charge in [-0.1, -0.05) is 12.1 Å². The molecule has 7 nitrogen and oxygen atoms in total. The van der Waals surface area contributed by atoms with Gasteiger partial charge in [0.25, 0.3) is 11.5 Å². The van der Waals surface area contributed by atoms with Crippen LogP contribution in [0.2, 0.25) is 0 Å². The monoisotopic (exact) mass is 544 g/mol. The molecule has 11 heteroatoms. The Morgan fingerprint density at radius 3 is 2.21 bits per heavy atom. The zero-order valence-electron chi connectivity index (χ0n) is 20.5.